The van der Waals surface area contributed by atoms with Crippen molar-refractivity contribution in [3.05, 3.63) is 12.2 Å². The number of carboxylic acid groups (broad SMARTS) is 1. The molecule has 5 heteroatoms. The fourth-order valence-corrected chi connectivity index (χ4v) is 2.46. The Morgan fingerprint density at radius 3 is 2.56 bits per heavy atom. The number of rotatable bonds is 4. The summed E-state index contributed by atoms with van der Waals surface area (Å²) in [5.41, 5.74) is 0. The zero-order valence-corrected chi connectivity index (χ0v) is 10.6. The molecule has 0 bridgehead atoms. The number of nitrogens with one attached hydrogen (secondary N) is 2. The van der Waals surface area contributed by atoms with Gasteiger partial charge in [0.2, 0.25) is 0 Å². The number of urea groups is 1. The molecule has 1 fully saturated rings. The van der Waals surface area contributed by atoms with Crippen molar-refractivity contribution in [1.82, 2.24) is 10.6 Å². The lowest BCUT2D eigenvalue weighted by Gasteiger charge is -2.32. The van der Waals surface area contributed by atoms with Gasteiger partial charge in [-0.2, -0.15) is 0 Å². The van der Waals surface area contributed by atoms with Crippen molar-refractivity contribution in [2.45, 2.75) is 44.7 Å². The highest BCUT2D eigenvalue weighted by Crippen LogP contribution is 2.29. The van der Waals surface area contributed by atoms with Crippen molar-refractivity contribution >= 4 is 12.0 Å². The van der Waals surface area contributed by atoms with Gasteiger partial charge in [0.05, 0.1) is 12.0 Å². The fourth-order valence-electron chi connectivity index (χ4n) is 2.46. The normalized spacial score (nSPS) is 28.5. The quantitative estimate of drug-likeness (QED) is 0.663. The smallest absolute Gasteiger partial charge is 0.315 e. The summed E-state index contributed by atoms with van der Waals surface area (Å²) in [7, 11) is 0. The molecule has 0 aromatic carbocycles. The Morgan fingerprint density at radius 2 is 2.06 bits per heavy atom. The van der Waals surface area contributed by atoms with E-state index in [1.807, 2.05) is 6.92 Å². The first kappa shape index (κ1) is 12.9. The Balaban J connectivity index is 1.71. The Labute approximate surface area is 107 Å². The van der Waals surface area contributed by atoms with E-state index in [1.54, 1.807) is 12.2 Å². The Morgan fingerprint density at radius 1 is 1.33 bits per heavy atom. The topological polar surface area (TPSA) is 78.4 Å². The molecule has 0 spiro atoms. The van der Waals surface area contributed by atoms with Crippen LogP contribution in [0.2, 0.25) is 0 Å². The van der Waals surface area contributed by atoms with Crippen LogP contribution in [0, 0.1) is 11.8 Å². The summed E-state index contributed by atoms with van der Waals surface area (Å²) >= 11 is 0. The van der Waals surface area contributed by atoms with Crippen molar-refractivity contribution in [1.29, 1.82) is 0 Å². The average molecular weight is 252 g/mol. The number of hydrogen-bond acceptors (Lipinski definition) is 2. The maximum Gasteiger partial charge on any atom is 0.315 e. The second-order valence-corrected chi connectivity index (χ2v) is 5.27. The van der Waals surface area contributed by atoms with Gasteiger partial charge in [0.1, 0.15) is 0 Å². The van der Waals surface area contributed by atoms with E-state index in [4.69, 9.17) is 5.11 Å². The van der Waals surface area contributed by atoms with Gasteiger partial charge in [0.15, 0.2) is 0 Å². The van der Waals surface area contributed by atoms with E-state index in [1.165, 1.54) is 19.3 Å². The number of amides is 2. The molecular weight excluding hydrogens is 232 g/mol. The molecule has 1 saturated carbocycles. The third-order valence-electron chi connectivity index (χ3n) is 3.93. The minimum Gasteiger partial charge on any atom is -0.481 e. The van der Waals surface area contributed by atoms with E-state index >= 15 is 0 Å². The van der Waals surface area contributed by atoms with Gasteiger partial charge < -0.3 is 15.7 Å². The van der Waals surface area contributed by atoms with Crippen LogP contribution < -0.4 is 10.6 Å². The minimum absolute atomic E-state index is 0.167. The first-order valence-electron chi connectivity index (χ1n) is 6.54. The number of hydrogen-bond donors (Lipinski definition) is 3. The lowest BCUT2D eigenvalue weighted by Crippen LogP contribution is -2.48. The third kappa shape index (κ3) is 3.03. The van der Waals surface area contributed by atoms with Crippen LogP contribution in [-0.4, -0.2) is 29.2 Å². The Hall–Kier alpha value is -1.52. The average Bonchev–Trinajstić information content (AvgIpc) is 2.62. The largest absolute Gasteiger partial charge is 0.481 e. The van der Waals surface area contributed by atoms with Gasteiger partial charge in [-0.25, -0.2) is 4.79 Å². The number of carboxylic acids is 1. The summed E-state index contributed by atoms with van der Waals surface area (Å²) in [6.45, 7) is 2.02. The Bertz CT molecular complexity index is 363. The summed E-state index contributed by atoms with van der Waals surface area (Å²) < 4.78 is 0. The van der Waals surface area contributed by atoms with Crippen LogP contribution in [0.4, 0.5) is 4.79 Å². The number of aliphatic carboxylic acids is 1. The van der Waals surface area contributed by atoms with Crippen LogP contribution >= 0.6 is 0 Å². The van der Waals surface area contributed by atoms with Crippen LogP contribution in [0.5, 0.6) is 0 Å². The van der Waals surface area contributed by atoms with Gasteiger partial charge in [-0.05, 0) is 32.1 Å². The predicted octanol–water partition coefficient (Wildman–Crippen LogP) is 1.50. The predicted molar refractivity (Wildman–Crippen MR) is 67.1 cm³/mol. The van der Waals surface area contributed by atoms with Crippen LogP contribution in [0.25, 0.3) is 0 Å². The summed E-state index contributed by atoms with van der Waals surface area (Å²) in [5.74, 6) is -0.709. The molecule has 2 aliphatic carbocycles. The maximum absolute atomic E-state index is 11.7. The van der Waals surface area contributed by atoms with Gasteiger partial charge in [-0.1, -0.05) is 18.6 Å². The molecule has 0 aromatic heterocycles. The van der Waals surface area contributed by atoms with Gasteiger partial charge in [0.25, 0.3) is 0 Å². The molecule has 5 nitrogen and oxygen atoms in total. The highest BCUT2D eigenvalue weighted by atomic mass is 16.4. The molecule has 2 amide bonds. The monoisotopic (exact) mass is 252 g/mol. The highest BCUT2D eigenvalue weighted by Gasteiger charge is 2.28. The van der Waals surface area contributed by atoms with E-state index in [2.05, 4.69) is 10.6 Å². The number of carbonyl (C=O) groups excluding carboxylic acids is 1. The summed E-state index contributed by atoms with van der Waals surface area (Å²) in [6.07, 6.45) is 7.47. The van der Waals surface area contributed by atoms with E-state index in [-0.39, 0.29) is 18.1 Å². The lowest BCUT2D eigenvalue weighted by atomic mass is 9.80. The minimum atomic E-state index is -0.834. The fraction of sp³-hybridized carbons (Fsp3) is 0.692. The van der Waals surface area contributed by atoms with Gasteiger partial charge >= 0.3 is 12.0 Å². The number of carbonyl (C=O) groups is 2. The van der Waals surface area contributed by atoms with Crippen molar-refractivity contribution in [2.75, 3.05) is 0 Å². The second kappa shape index (κ2) is 5.42. The van der Waals surface area contributed by atoms with E-state index in [9.17, 15) is 9.59 Å². The molecule has 3 unspecified atom stereocenters. The van der Waals surface area contributed by atoms with E-state index < -0.39 is 11.9 Å². The summed E-state index contributed by atoms with van der Waals surface area (Å²) in [6, 6.07) is -0.172. The van der Waals surface area contributed by atoms with Gasteiger partial charge in [-0.15, -0.1) is 0 Å². The molecule has 3 atom stereocenters. The molecule has 2 rings (SSSR count). The lowest BCUT2D eigenvalue weighted by molar-refractivity contribution is -0.140. The first-order valence-corrected chi connectivity index (χ1v) is 6.54. The second-order valence-electron chi connectivity index (χ2n) is 5.27. The van der Waals surface area contributed by atoms with Crippen molar-refractivity contribution < 1.29 is 14.7 Å². The molecule has 0 radical (unpaired) electrons. The van der Waals surface area contributed by atoms with Crippen LogP contribution in [0.1, 0.15) is 32.6 Å². The van der Waals surface area contributed by atoms with Crippen LogP contribution in [0.15, 0.2) is 12.2 Å². The molecule has 0 aliphatic heterocycles. The molecule has 0 saturated heterocycles. The van der Waals surface area contributed by atoms with E-state index in [0.717, 1.165) is 0 Å². The van der Waals surface area contributed by atoms with Crippen molar-refractivity contribution in [2.24, 2.45) is 11.8 Å². The molecular formula is C13H20N2O3. The summed E-state index contributed by atoms with van der Waals surface area (Å²) in [5, 5.41) is 14.6. The Kier molecular flexibility index (Phi) is 3.89. The molecule has 3 N–H and O–H groups in total. The standard InChI is InChI=1S/C13H20N2O3/c1-8(9-3-2-4-9)14-13(18)15-11-6-5-10(7-11)12(16)17/h5-6,8-11H,2-4,7H2,1H3,(H,16,17)(H2,14,15,18). The zero-order chi connectivity index (χ0) is 13.1. The summed E-state index contributed by atoms with van der Waals surface area (Å²) in [4.78, 5) is 22.5. The third-order valence-corrected chi connectivity index (χ3v) is 3.93. The molecule has 0 heterocycles. The molecule has 2 aliphatic rings. The van der Waals surface area contributed by atoms with Gasteiger partial charge in [0, 0.05) is 6.04 Å². The van der Waals surface area contributed by atoms with Crippen LogP contribution in [0.3, 0.4) is 0 Å². The zero-order valence-electron chi connectivity index (χ0n) is 10.6. The molecule has 100 valence electrons. The first-order chi connectivity index (χ1) is 8.56. The van der Waals surface area contributed by atoms with Gasteiger partial charge in [-0.3, -0.25) is 4.79 Å². The molecule has 18 heavy (non-hydrogen) atoms. The van der Waals surface area contributed by atoms with Crippen LogP contribution in [-0.2, 0) is 4.79 Å². The van der Waals surface area contributed by atoms with E-state index in [0.29, 0.717) is 12.3 Å². The molecule has 0 aromatic rings. The van der Waals surface area contributed by atoms with Crippen molar-refractivity contribution in [3.8, 4) is 0 Å². The SMILES string of the molecule is CC(NC(=O)NC1C=CC(C(=O)O)C1)C1CCC1. The van der Waals surface area contributed by atoms with Crippen molar-refractivity contribution in [3.63, 3.8) is 0 Å². The maximum atomic E-state index is 11.7. The highest BCUT2D eigenvalue weighted by molar-refractivity contribution is 5.76.